The Morgan fingerprint density at radius 2 is 1.09 bits per heavy atom. The van der Waals surface area contributed by atoms with Crippen molar-refractivity contribution in [3.63, 3.8) is 0 Å². The molecule has 0 spiro atoms. The lowest BCUT2D eigenvalue weighted by atomic mass is 10.2. The Morgan fingerprint density at radius 3 is 1.53 bits per heavy atom. The van der Waals surface area contributed by atoms with Gasteiger partial charge in [0.2, 0.25) is 11.8 Å². The van der Waals surface area contributed by atoms with Gasteiger partial charge in [-0.3, -0.25) is 9.97 Å². The van der Waals surface area contributed by atoms with Gasteiger partial charge in [0, 0.05) is 24.5 Å². The molecule has 6 nitrogen and oxygen atoms in total. The topological polar surface area (TPSA) is 70.0 Å². The minimum absolute atomic E-state index is 0.326. The molecule has 4 aromatic rings. The summed E-state index contributed by atoms with van der Waals surface area (Å²) in [6.07, 6.45) is 7.02. The van der Waals surface area contributed by atoms with Crippen molar-refractivity contribution >= 4 is 12.2 Å². The molecule has 0 amide bonds. The summed E-state index contributed by atoms with van der Waals surface area (Å²) < 4.78 is 11.5. The number of hydrogen-bond acceptors (Lipinski definition) is 6. The van der Waals surface area contributed by atoms with Gasteiger partial charge in [-0.05, 0) is 47.5 Å². The Balaban J connectivity index is 1.36. The van der Waals surface area contributed by atoms with Crippen LogP contribution in [0.15, 0.2) is 86.2 Å². The predicted octanol–water partition coefficient (Wildman–Crippen LogP) is 5.34. The first-order valence-corrected chi connectivity index (χ1v) is 10.1. The monoisotopic (exact) mass is 422 g/mol. The van der Waals surface area contributed by atoms with Gasteiger partial charge >= 0.3 is 0 Å². The summed E-state index contributed by atoms with van der Waals surface area (Å²) in [5.41, 5.74) is 4.96. The molecule has 4 heterocycles. The molecular formula is C26H22N4O2. The van der Waals surface area contributed by atoms with Gasteiger partial charge in [-0.25, -0.2) is 9.97 Å². The van der Waals surface area contributed by atoms with Gasteiger partial charge in [0.05, 0.1) is 22.8 Å². The second-order valence-corrected chi connectivity index (χ2v) is 6.78. The number of hydrogen-bond donors (Lipinski definition) is 0. The van der Waals surface area contributed by atoms with Crippen molar-refractivity contribution < 1.29 is 9.47 Å². The fourth-order valence-electron chi connectivity index (χ4n) is 3.00. The van der Waals surface area contributed by atoms with E-state index in [0.29, 0.717) is 25.0 Å². The largest absolute Gasteiger partial charge is 0.474 e. The molecule has 0 aromatic carbocycles. The first-order valence-electron chi connectivity index (χ1n) is 10.1. The van der Waals surface area contributed by atoms with Crippen LogP contribution in [0.3, 0.4) is 0 Å². The van der Waals surface area contributed by atoms with Crippen molar-refractivity contribution in [2.45, 2.75) is 0 Å². The maximum atomic E-state index is 5.76. The molecule has 0 saturated heterocycles. The molecule has 0 saturated carbocycles. The van der Waals surface area contributed by atoms with Crippen LogP contribution in [-0.2, 0) is 0 Å². The van der Waals surface area contributed by atoms with Crippen LogP contribution in [-0.4, -0.2) is 33.1 Å². The molecule has 0 fully saturated rings. The van der Waals surface area contributed by atoms with Crippen LogP contribution in [0.1, 0.15) is 11.1 Å². The summed E-state index contributed by atoms with van der Waals surface area (Å²) in [6, 6.07) is 18.8. The lowest BCUT2D eigenvalue weighted by Crippen LogP contribution is -2.10. The number of nitrogens with zero attached hydrogens (tertiary/aromatic N) is 4. The molecule has 32 heavy (non-hydrogen) atoms. The summed E-state index contributed by atoms with van der Waals surface area (Å²) in [6.45, 7) is 8.23. The Morgan fingerprint density at radius 1 is 0.625 bits per heavy atom. The van der Waals surface area contributed by atoms with E-state index in [1.165, 1.54) is 0 Å². The Hall–Kier alpha value is -4.32. The van der Waals surface area contributed by atoms with E-state index in [1.807, 2.05) is 48.5 Å². The molecule has 0 radical (unpaired) electrons. The van der Waals surface area contributed by atoms with Crippen molar-refractivity contribution in [3.05, 3.63) is 97.3 Å². The van der Waals surface area contributed by atoms with Crippen LogP contribution in [0.4, 0.5) is 0 Å². The summed E-state index contributed by atoms with van der Waals surface area (Å²) in [5, 5.41) is 0. The van der Waals surface area contributed by atoms with Crippen molar-refractivity contribution in [1.29, 1.82) is 0 Å². The maximum Gasteiger partial charge on any atom is 0.213 e. The number of rotatable bonds is 9. The number of aromatic nitrogens is 4. The fraction of sp³-hybridized carbons (Fsp3) is 0.0769. The smallest absolute Gasteiger partial charge is 0.213 e. The van der Waals surface area contributed by atoms with Gasteiger partial charge in [0.25, 0.3) is 0 Å². The standard InChI is InChI=1S/C26H22N4O2/c1-3-19-11-13-27-23(17-19)21-7-5-9-25(29-21)31-15-16-32-26-10-6-8-22(30-26)24-18-20(4-2)12-14-28-24/h3-14,17-18H,1-2,15-16H2. The number of pyridine rings is 4. The average molecular weight is 422 g/mol. The second-order valence-electron chi connectivity index (χ2n) is 6.78. The molecule has 0 unspecified atom stereocenters. The zero-order chi connectivity index (χ0) is 22.2. The predicted molar refractivity (Wildman–Crippen MR) is 126 cm³/mol. The quantitative estimate of drug-likeness (QED) is 0.339. The normalized spacial score (nSPS) is 10.4. The Bertz CT molecular complexity index is 1140. The highest BCUT2D eigenvalue weighted by molar-refractivity contribution is 5.61. The third-order valence-electron chi connectivity index (χ3n) is 4.59. The minimum atomic E-state index is 0.326. The van der Waals surface area contributed by atoms with Crippen molar-refractivity contribution in [3.8, 4) is 34.5 Å². The first-order chi connectivity index (χ1) is 15.7. The molecule has 0 atom stereocenters. The van der Waals surface area contributed by atoms with E-state index in [-0.39, 0.29) is 0 Å². The average Bonchev–Trinajstić information content (AvgIpc) is 2.87. The molecule has 158 valence electrons. The third-order valence-corrected chi connectivity index (χ3v) is 4.59. The van der Waals surface area contributed by atoms with E-state index < -0.39 is 0 Å². The van der Waals surface area contributed by atoms with Crippen LogP contribution >= 0.6 is 0 Å². The second kappa shape index (κ2) is 10.1. The van der Waals surface area contributed by atoms with Crippen LogP contribution in [0, 0.1) is 0 Å². The summed E-state index contributed by atoms with van der Waals surface area (Å²) in [5.74, 6) is 1.01. The van der Waals surface area contributed by atoms with E-state index in [4.69, 9.17) is 9.47 Å². The van der Waals surface area contributed by atoms with E-state index >= 15 is 0 Å². The molecule has 0 N–H and O–H groups in total. The highest BCUT2D eigenvalue weighted by Gasteiger charge is 2.06. The van der Waals surface area contributed by atoms with Crippen molar-refractivity contribution in [2.24, 2.45) is 0 Å². The minimum Gasteiger partial charge on any atom is -0.474 e. The van der Waals surface area contributed by atoms with Crippen LogP contribution in [0.2, 0.25) is 0 Å². The molecule has 0 bridgehead atoms. The maximum absolute atomic E-state index is 5.76. The first kappa shape index (κ1) is 20.9. The van der Waals surface area contributed by atoms with Gasteiger partial charge in [0.1, 0.15) is 13.2 Å². The third kappa shape index (κ3) is 5.23. The molecule has 0 aliphatic carbocycles. The molecule has 0 aliphatic rings. The van der Waals surface area contributed by atoms with E-state index in [2.05, 4.69) is 33.1 Å². The van der Waals surface area contributed by atoms with Crippen LogP contribution in [0.5, 0.6) is 11.8 Å². The molecule has 0 aliphatic heterocycles. The van der Waals surface area contributed by atoms with E-state index in [1.54, 1.807) is 36.7 Å². The van der Waals surface area contributed by atoms with Gasteiger partial charge in [-0.15, -0.1) is 0 Å². The van der Waals surface area contributed by atoms with Crippen molar-refractivity contribution in [2.75, 3.05) is 13.2 Å². The van der Waals surface area contributed by atoms with Gasteiger partial charge in [-0.2, -0.15) is 0 Å². The Kier molecular flexibility index (Phi) is 6.63. The van der Waals surface area contributed by atoms with Gasteiger partial charge in [0.15, 0.2) is 0 Å². The zero-order valence-electron chi connectivity index (χ0n) is 17.5. The summed E-state index contributed by atoms with van der Waals surface area (Å²) in [4.78, 5) is 17.8. The molecule has 4 rings (SSSR count). The molecule has 4 aromatic heterocycles. The fourth-order valence-corrected chi connectivity index (χ4v) is 3.00. The highest BCUT2D eigenvalue weighted by Crippen LogP contribution is 2.20. The SMILES string of the molecule is C=Cc1ccnc(-c2cccc(OCCOc3cccc(-c4cc(C=C)ccn4)n3)n2)c1. The molecule has 6 heteroatoms. The molecular weight excluding hydrogens is 400 g/mol. The van der Waals surface area contributed by atoms with Crippen LogP contribution in [0.25, 0.3) is 34.9 Å². The highest BCUT2D eigenvalue weighted by atomic mass is 16.5. The van der Waals surface area contributed by atoms with Crippen LogP contribution < -0.4 is 9.47 Å². The lowest BCUT2D eigenvalue weighted by Gasteiger charge is -2.09. The zero-order valence-corrected chi connectivity index (χ0v) is 17.5. The lowest BCUT2D eigenvalue weighted by molar-refractivity contribution is 0.207. The summed E-state index contributed by atoms with van der Waals surface area (Å²) >= 11 is 0. The van der Waals surface area contributed by atoms with E-state index in [0.717, 1.165) is 33.9 Å². The van der Waals surface area contributed by atoms with Gasteiger partial charge in [-0.1, -0.05) is 37.4 Å². The summed E-state index contributed by atoms with van der Waals surface area (Å²) in [7, 11) is 0. The Labute approximate surface area is 187 Å². The van der Waals surface area contributed by atoms with E-state index in [9.17, 15) is 0 Å². The van der Waals surface area contributed by atoms with Gasteiger partial charge < -0.3 is 9.47 Å². The number of ether oxygens (including phenoxy) is 2. The van der Waals surface area contributed by atoms with Crippen molar-refractivity contribution in [1.82, 2.24) is 19.9 Å².